The largest absolute Gasteiger partial charge is 0.310 e. The molecule has 0 bridgehead atoms. The molecule has 1 heterocycles. The zero-order valence-electron chi connectivity index (χ0n) is 38.5. The Morgan fingerprint density at radius 3 is 1.07 bits per heavy atom. The molecule has 0 saturated carbocycles. The number of rotatable bonds is 8. The molecule has 12 aromatic rings. The molecule has 11 aromatic carbocycles. The van der Waals surface area contributed by atoms with Crippen molar-refractivity contribution < 1.29 is 0 Å². The molecule has 0 spiro atoms. The molecule has 0 N–H and O–H groups in total. The van der Waals surface area contributed by atoms with Crippen LogP contribution >= 0.6 is 0 Å². The summed E-state index contributed by atoms with van der Waals surface area (Å²) in [6, 6.07) is 103. The van der Waals surface area contributed by atoms with Crippen LogP contribution in [0.2, 0.25) is 0 Å². The van der Waals surface area contributed by atoms with Crippen LogP contribution in [0.3, 0.4) is 0 Å². The van der Waals surface area contributed by atoms with Crippen molar-refractivity contribution in [2.24, 2.45) is 0 Å². The third-order valence-electron chi connectivity index (χ3n) is 15.4. The first-order valence-corrected chi connectivity index (χ1v) is 24.3. The fraction of sp³-hybridized carbons (Fsp3) is 0.0294. The van der Waals surface area contributed by atoms with Gasteiger partial charge in [-0.3, -0.25) is 0 Å². The van der Waals surface area contributed by atoms with Crippen LogP contribution in [0.4, 0.5) is 17.1 Å². The third kappa shape index (κ3) is 5.68. The Balaban J connectivity index is 0.988. The zero-order valence-corrected chi connectivity index (χ0v) is 38.5. The van der Waals surface area contributed by atoms with Crippen LogP contribution in [0, 0.1) is 0 Å². The Morgan fingerprint density at radius 2 is 0.600 bits per heavy atom. The van der Waals surface area contributed by atoms with E-state index in [1.165, 1.54) is 88.6 Å². The number of aromatic nitrogens is 1. The lowest BCUT2D eigenvalue weighted by molar-refractivity contribution is 0.768. The highest BCUT2D eigenvalue weighted by atomic mass is 15.1. The topological polar surface area (TPSA) is 8.17 Å². The van der Waals surface area contributed by atoms with Gasteiger partial charge < -0.3 is 9.47 Å². The van der Waals surface area contributed by atoms with Gasteiger partial charge in [-0.05, 0) is 127 Å². The summed E-state index contributed by atoms with van der Waals surface area (Å²) in [4.78, 5) is 2.45. The van der Waals surface area contributed by atoms with Gasteiger partial charge in [-0.1, -0.05) is 218 Å². The average molecular weight is 891 g/mol. The van der Waals surface area contributed by atoms with Gasteiger partial charge in [0.1, 0.15) is 0 Å². The van der Waals surface area contributed by atoms with Gasteiger partial charge in [0.15, 0.2) is 0 Å². The summed E-state index contributed by atoms with van der Waals surface area (Å²) in [5.74, 6) is 0. The Kier molecular flexibility index (Phi) is 9.06. The van der Waals surface area contributed by atoms with Crippen molar-refractivity contribution in [2.45, 2.75) is 10.8 Å². The van der Waals surface area contributed by atoms with Crippen molar-refractivity contribution in [3.8, 4) is 27.9 Å². The van der Waals surface area contributed by atoms with Crippen LogP contribution in [0.5, 0.6) is 0 Å². The van der Waals surface area contributed by atoms with Gasteiger partial charge in [0, 0.05) is 33.5 Å². The number of hydrogen-bond acceptors (Lipinski definition) is 1. The molecule has 0 atom stereocenters. The Hall–Kier alpha value is -8.98. The molecule has 0 unspecified atom stereocenters. The molecule has 14 rings (SSSR count). The van der Waals surface area contributed by atoms with Crippen molar-refractivity contribution in [3.05, 3.63) is 324 Å². The van der Waals surface area contributed by atoms with Crippen LogP contribution in [-0.4, -0.2) is 4.57 Å². The van der Waals surface area contributed by atoms with Gasteiger partial charge in [-0.15, -0.1) is 0 Å². The number of hydrogen-bond donors (Lipinski definition) is 0. The van der Waals surface area contributed by atoms with Crippen molar-refractivity contribution in [2.75, 3.05) is 4.90 Å². The first-order chi connectivity index (χ1) is 34.7. The Bertz CT molecular complexity index is 3790. The highest BCUT2D eigenvalue weighted by molar-refractivity contribution is 6.09. The fourth-order valence-corrected chi connectivity index (χ4v) is 12.5. The summed E-state index contributed by atoms with van der Waals surface area (Å²) in [5.41, 5.74) is 21.0. The van der Waals surface area contributed by atoms with E-state index in [2.05, 4.69) is 289 Å². The van der Waals surface area contributed by atoms with Crippen molar-refractivity contribution in [1.29, 1.82) is 0 Å². The molecule has 2 aliphatic carbocycles. The van der Waals surface area contributed by atoms with E-state index in [0.717, 1.165) is 22.7 Å². The van der Waals surface area contributed by atoms with E-state index in [0.29, 0.717) is 0 Å². The summed E-state index contributed by atoms with van der Waals surface area (Å²) in [6.45, 7) is 0. The number of nitrogens with zero attached hydrogens (tertiary/aromatic N) is 2. The maximum absolute atomic E-state index is 2.47. The molecule has 70 heavy (non-hydrogen) atoms. The second-order valence-corrected chi connectivity index (χ2v) is 18.7. The molecule has 0 radical (unpaired) electrons. The van der Waals surface area contributed by atoms with Crippen molar-refractivity contribution in [1.82, 2.24) is 4.57 Å². The van der Waals surface area contributed by atoms with E-state index in [1.807, 2.05) is 0 Å². The predicted octanol–water partition coefficient (Wildman–Crippen LogP) is 17.0. The predicted molar refractivity (Wildman–Crippen MR) is 290 cm³/mol. The maximum atomic E-state index is 2.47. The van der Waals surface area contributed by atoms with Crippen molar-refractivity contribution in [3.63, 3.8) is 0 Å². The van der Waals surface area contributed by atoms with E-state index in [9.17, 15) is 0 Å². The molecule has 2 aliphatic rings. The van der Waals surface area contributed by atoms with E-state index in [-0.39, 0.29) is 0 Å². The summed E-state index contributed by atoms with van der Waals surface area (Å²) >= 11 is 0. The molecule has 0 saturated heterocycles. The molecule has 0 fully saturated rings. The minimum absolute atomic E-state index is 0.494. The van der Waals surface area contributed by atoms with E-state index in [1.54, 1.807) is 0 Å². The minimum atomic E-state index is -0.536. The smallest absolute Gasteiger partial charge is 0.0714 e. The van der Waals surface area contributed by atoms with Crippen LogP contribution in [-0.2, 0) is 10.8 Å². The summed E-state index contributed by atoms with van der Waals surface area (Å²) in [6.07, 6.45) is 0. The van der Waals surface area contributed by atoms with Gasteiger partial charge >= 0.3 is 0 Å². The molecule has 2 heteroatoms. The fourth-order valence-electron chi connectivity index (χ4n) is 12.5. The summed E-state index contributed by atoms with van der Waals surface area (Å²) in [7, 11) is 0. The first kappa shape index (κ1) is 40.1. The molecule has 0 amide bonds. The second-order valence-electron chi connectivity index (χ2n) is 18.7. The van der Waals surface area contributed by atoms with E-state index in [4.69, 9.17) is 0 Å². The quantitative estimate of drug-likeness (QED) is 0.148. The second kappa shape index (κ2) is 15.8. The molecular formula is C68H46N2. The number of anilines is 3. The van der Waals surface area contributed by atoms with Crippen molar-refractivity contribution >= 4 is 38.9 Å². The van der Waals surface area contributed by atoms with Crippen LogP contribution < -0.4 is 4.90 Å². The Labute approximate surface area is 408 Å². The van der Waals surface area contributed by atoms with Gasteiger partial charge in [0.05, 0.1) is 21.9 Å². The van der Waals surface area contributed by atoms with Crippen LogP contribution in [0.1, 0.15) is 44.5 Å². The average Bonchev–Trinajstić information content (AvgIpc) is 4.05. The third-order valence-corrected chi connectivity index (χ3v) is 15.4. The minimum Gasteiger partial charge on any atom is -0.310 e. The molecule has 0 aliphatic heterocycles. The lowest BCUT2D eigenvalue weighted by atomic mass is 9.67. The van der Waals surface area contributed by atoms with Gasteiger partial charge in [-0.2, -0.15) is 0 Å². The molecular weight excluding hydrogens is 845 g/mol. The highest BCUT2D eigenvalue weighted by Crippen LogP contribution is 2.59. The number of benzene rings is 11. The lowest BCUT2D eigenvalue weighted by Gasteiger charge is -2.35. The summed E-state index contributed by atoms with van der Waals surface area (Å²) in [5, 5.41) is 2.51. The van der Waals surface area contributed by atoms with Gasteiger partial charge in [0.25, 0.3) is 0 Å². The van der Waals surface area contributed by atoms with Gasteiger partial charge in [-0.25, -0.2) is 0 Å². The van der Waals surface area contributed by atoms with E-state index < -0.39 is 10.8 Å². The van der Waals surface area contributed by atoms with Crippen LogP contribution in [0.15, 0.2) is 279 Å². The number of fused-ring (bicyclic) bond motifs is 9. The molecule has 328 valence electrons. The number of para-hydroxylation sites is 2. The summed E-state index contributed by atoms with van der Waals surface area (Å²) < 4.78 is 2.40. The van der Waals surface area contributed by atoms with Gasteiger partial charge in [0.2, 0.25) is 0 Å². The zero-order chi connectivity index (χ0) is 46.2. The first-order valence-electron chi connectivity index (χ1n) is 24.3. The highest BCUT2D eigenvalue weighted by Gasteiger charge is 2.47. The van der Waals surface area contributed by atoms with Crippen LogP contribution in [0.25, 0.3) is 49.7 Å². The standard InChI is InChI=1S/C68H46N2/c1-4-20-47(21-5-1)67(61-31-15-10-26-55(61)56-27-11-16-32-62(56)67)50-36-38-51(39-37-50)69(52-40-42-53(43-41-52)70-65-34-18-13-29-59(65)60-30-14-19-35-66(60)70)54-44-45-58-57-28-12-17-33-63(57)68(64(58)46-54,48-22-6-2-7-23-48)49-24-8-3-9-25-49/h1-46H. The monoisotopic (exact) mass is 890 g/mol. The lowest BCUT2D eigenvalue weighted by Crippen LogP contribution is -2.29. The Morgan fingerprint density at radius 1 is 0.257 bits per heavy atom. The normalized spacial score (nSPS) is 13.7. The molecule has 1 aromatic heterocycles. The van der Waals surface area contributed by atoms with E-state index >= 15 is 0 Å². The SMILES string of the molecule is c1ccc(C2(c3ccc(N(c4ccc(-n5c6ccccc6c6ccccc65)cc4)c4ccc5c(c4)C(c4ccccc4)(c4ccccc4)c4ccccc4-5)cc3)c3ccccc3-c3ccccc32)cc1. The maximum Gasteiger partial charge on any atom is 0.0714 e. The molecule has 2 nitrogen and oxygen atoms in total.